The largest absolute Gasteiger partial charge is 0.516 e. The summed E-state index contributed by atoms with van der Waals surface area (Å²) in [6.07, 6.45) is 22.2. The molecule has 2 unspecified atom stereocenters. The van der Waals surface area contributed by atoms with Crippen molar-refractivity contribution in [3.63, 3.8) is 0 Å². The summed E-state index contributed by atoms with van der Waals surface area (Å²) in [5.41, 5.74) is 0. The summed E-state index contributed by atoms with van der Waals surface area (Å²) in [5.74, 6) is 0. The molecule has 0 radical (unpaired) electrons. The van der Waals surface area contributed by atoms with Gasteiger partial charge < -0.3 is 9.84 Å². The van der Waals surface area contributed by atoms with Gasteiger partial charge in [0.05, 0.1) is 18.5 Å². The molecule has 1 fully saturated rings. The molecule has 1 aliphatic rings. The van der Waals surface area contributed by atoms with Crippen LogP contribution in [0.15, 0.2) is 24.5 Å². The lowest BCUT2D eigenvalue weighted by Crippen LogP contribution is -1.94. The fraction of sp³-hybridized carbons (Fsp3) is 0.778. The number of epoxide rings is 1. The Morgan fingerprint density at radius 1 is 0.850 bits per heavy atom. The van der Waals surface area contributed by atoms with Gasteiger partial charge in [-0.1, -0.05) is 64.0 Å². The van der Waals surface area contributed by atoms with Crippen molar-refractivity contribution in [1.82, 2.24) is 0 Å². The van der Waals surface area contributed by atoms with Crippen molar-refractivity contribution >= 4 is 0 Å². The fourth-order valence-electron chi connectivity index (χ4n) is 2.65. The van der Waals surface area contributed by atoms with Crippen LogP contribution in [0.5, 0.6) is 0 Å². The molecule has 0 amide bonds. The van der Waals surface area contributed by atoms with Crippen LogP contribution in [0.4, 0.5) is 0 Å². The van der Waals surface area contributed by atoms with Gasteiger partial charge in [-0.15, -0.1) is 0 Å². The molecular weight excluding hydrogens is 248 g/mol. The number of rotatable bonds is 13. The number of aliphatic hydroxyl groups is 1. The van der Waals surface area contributed by atoms with Crippen molar-refractivity contribution in [2.45, 2.75) is 89.8 Å². The lowest BCUT2D eigenvalue weighted by molar-refractivity contribution is 0.348. The maximum absolute atomic E-state index is 8.46. The van der Waals surface area contributed by atoms with E-state index in [0.717, 1.165) is 12.7 Å². The first-order chi connectivity index (χ1) is 9.88. The molecule has 2 nitrogen and oxygen atoms in total. The first-order valence-electron chi connectivity index (χ1n) is 8.49. The molecule has 0 saturated carbocycles. The number of ether oxygens (including phenoxy) is 1. The highest BCUT2D eigenvalue weighted by atomic mass is 16.6. The Morgan fingerprint density at radius 2 is 1.50 bits per heavy atom. The molecule has 1 N–H and O–H groups in total. The van der Waals surface area contributed by atoms with Crippen molar-refractivity contribution < 1.29 is 9.84 Å². The van der Waals surface area contributed by atoms with E-state index in [1.807, 2.05) is 6.08 Å². The van der Waals surface area contributed by atoms with Gasteiger partial charge in [0.1, 0.15) is 0 Å². The maximum Gasteiger partial charge on any atom is 0.0841 e. The van der Waals surface area contributed by atoms with E-state index < -0.39 is 0 Å². The van der Waals surface area contributed by atoms with Crippen molar-refractivity contribution in [3.8, 4) is 0 Å². The van der Waals surface area contributed by atoms with Crippen molar-refractivity contribution in [2.24, 2.45) is 0 Å². The summed E-state index contributed by atoms with van der Waals surface area (Å²) < 4.78 is 5.73. The number of aliphatic hydroxyl groups excluding tert-OH is 1. The third kappa shape index (κ3) is 9.19. The molecule has 0 spiro atoms. The molecule has 2 atom stereocenters. The summed E-state index contributed by atoms with van der Waals surface area (Å²) in [6, 6.07) is 0. The van der Waals surface area contributed by atoms with E-state index in [0.29, 0.717) is 12.2 Å². The number of hydrogen-bond acceptors (Lipinski definition) is 2. The molecule has 1 saturated heterocycles. The number of unbranched alkanes of at least 4 members (excludes halogenated alkanes) is 7. The molecule has 20 heavy (non-hydrogen) atoms. The van der Waals surface area contributed by atoms with Crippen LogP contribution < -0.4 is 0 Å². The standard InChI is InChI=1S/C18H32O2/c1-2-3-4-5-8-11-14-17-18(20-17)15-12-9-6-7-10-13-16-19/h7,10,13,16-19H,2-6,8-9,11-12,14-15H2,1H3. The Morgan fingerprint density at radius 3 is 2.20 bits per heavy atom. The molecule has 0 aromatic rings. The van der Waals surface area contributed by atoms with Crippen LogP contribution in [-0.2, 0) is 4.74 Å². The minimum Gasteiger partial charge on any atom is -0.516 e. The molecule has 0 aromatic carbocycles. The lowest BCUT2D eigenvalue weighted by Gasteiger charge is -1.99. The molecule has 1 aliphatic heterocycles. The summed E-state index contributed by atoms with van der Waals surface area (Å²) in [5, 5.41) is 8.46. The molecule has 1 rings (SSSR count). The molecular formula is C18H32O2. The van der Waals surface area contributed by atoms with Gasteiger partial charge >= 0.3 is 0 Å². The number of hydrogen-bond donors (Lipinski definition) is 1. The summed E-state index contributed by atoms with van der Waals surface area (Å²) in [6.45, 7) is 2.27. The van der Waals surface area contributed by atoms with Gasteiger partial charge in [0.15, 0.2) is 0 Å². The number of allylic oxidation sites excluding steroid dienone is 3. The highest BCUT2D eigenvalue weighted by Gasteiger charge is 2.36. The zero-order valence-corrected chi connectivity index (χ0v) is 13.1. The van der Waals surface area contributed by atoms with E-state index in [1.54, 1.807) is 6.08 Å². The predicted molar refractivity (Wildman–Crippen MR) is 86.0 cm³/mol. The average molecular weight is 280 g/mol. The highest BCUT2D eigenvalue weighted by Crippen LogP contribution is 2.31. The smallest absolute Gasteiger partial charge is 0.0841 e. The van der Waals surface area contributed by atoms with Gasteiger partial charge in [-0.3, -0.25) is 0 Å². The average Bonchev–Trinajstić information content (AvgIpc) is 3.20. The second kappa shape index (κ2) is 12.0. The van der Waals surface area contributed by atoms with Crippen LogP contribution in [0.2, 0.25) is 0 Å². The first-order valence-corrected chi connectivity index (χ1v) is 8.49. The molecule has 0 aliphatic carbocycles. The van der Waals surface area contributed by atoms with E-state index in [-0.39, 0.29) is 0 Å². The van der Waals surface area contributed by atoms with E-state index in [4.69, 9.17) is 9.84 Å². The molecule has 116 valence electrons. The lowest BCUT2D eigenvalue weighted by atomic mass is 10.0. The van der Waals surface area contributed by atoms with E-state index in [1.165, 1.54) is 64.2 Å². The quantitative estimate of drug-likeness (QED) is 0.203. The third-order valence-corrected chi connectivity index (χ3v) is 3.97. The van der Waals surface area contributed by atoms with Crippen LogP contribution in [0.25, 0.3) is 0 Å². The molecule has 1 heterocycles. The minimum atomic E-state index is 0.562. The summed E-state index contributed by atoms with van der Waals surface area (Å²) in [4.78, 5) is 0. The Balaban J connectivity index is 1.81. The van der Waals surface area contributed by atoms with Crippen LogP contribution in [-0.4, -0.2) is 17.3 Å². The SMILES string of the molecule is CCCCCCCCC1OC1CCCCC=CC=CO. The van der Waals surface area contributed by atoms with E-state index in [9.17, 15) is 0 Å². The van der Waals surface area contributed by atoms with Gasteiger partial charge in [-0.05, 0) is 31.8 Å². The van der Waals surface area contributed by atoms with E-state index in [2.05, 4.69) is 13.0 Å². The van der Waals surface area contributed by atoms with Gasteiger partial charge in [0, 0.05) is 0 Å². The van der Waals surface area contributed by atoms with Crippen LogP contribution in [0, 0.1) is 0 Å². The van der Waals surface area contributed by atoms with Crippen molar-refractivity contribution in [2.75, 3.05) is 0 Å². The zero-order valence-electron chi connectivity index (χ0n) is 13.1. The summed E-state index contributed by atoms with van der Waals surface area (Å²) >= 11 is 0. The van der Waals surface area contributed by atoms with Crippen molar-refractivity contribution in [3.05, 3.63) is 24.5 Å². The molecule has 0 bridgehead atoms. The minimum absolute atomic E-state index is 0.562. The van der Waals surface area contributed by atoms with Gasteiger partial charge in [0.2, 0.25) is 0 Å². The van der Waals surface area contributed by atoms with Crippen LogP contribution in [0.1, 0.15) is 77.6 Å². The Kier molecular flexibility index (Phi) is 10.4. The maximum atomic E-state index is 8.46. The van der Waals surface area contributed by atoms with Gasteiger partial charge in [-0.25, -0.2) is 0 Å². The van der Waals surface area contributed by atoms with Gasteiger partial charge in [-0.2, -0.15) is 0 Å². The Bertz CT molecular complexity index is 271. The van der Waals surface area contributed by atoms with Gasteiger partial charge in [0.25, 0.3) is 0 Å². The Labute approximate surface area is 124 Å². The fourth-order valence-corrected chi connectivity index (χ4v) is 2.65. The van der Waals surface area contributed by atoms with Crippen LogP contribution >= 0.6 is 0 Å². The predicted octanol–water partition coefficient (Wildman–Crippen LogP) is 5.69. The summed E-state index contributed by atoms with van der Waals surface area (Å²) in [7, 11) is 0. The monoisotopic (exact) mass is 280 g/mol. The van der Waals surface area contributed by atoms with Crippen LogP contribution in [0.3, 0.4) is 0 Å². The molecule has 0 aromatic heterocycles. The van der Waals surface area contributed by atoms with Crippen molar-refractivity contribution in [1.29, 1.82) is 0 Å². The Hall–Kier alpha value is -0.760. The third-order valence-electron chi connectivity index (χ3n) is 3.97. The second-order valence-electron chi connectivity index (χ2n) is 5.82. The second-order valence-corrected chi connectivity index (χ2v) is 5.82. The zero-order chi connectivity index (χ0) is 14.5. The highest BCUT2D eigenvalue weighted by molar-refractivity contribution is 4.98. The first kappa shape index (κ1) is 17.3. The molecule has 2 heteroatoms. The van der Waals surface area contributed by atoms with E-state index >= 15 is 0 Å². The topological polar surface area (TPSA) is 32.8 Å². The normalized spacial score (nSPS) is 22.1.